The second-order valence-electron chi connectivity index (χ2n) is 7.58. The summed E-state index contributed by atoms with van der Waals surface area (Å²) < 4.78 is 6.73. The minimum atomic E-state index is -1.83. The molecule has 4 heterocycles. The van der Waals surface area contributed by atoms with Crippen molar-refractivity contribution < 1.29 is 19.7 Å². The number of phenolic OH excluding ortho intramolecular Hbond substituents is 1. The minimum absolute atomic E-state index is 0. The van der Waals surface area contributed by atoms with Gasteiger partial charge in [0.2, 0.25) is 0 Å². The third kappa shape index (κ3) is 2.53. The van der Waals surface area contributed by atoms with Crippen LogP contribution in [0.1, 0.15) is 42.5 Å². The van der Waals surface area contributed by atoms with E-state index >= 15 is 0 Å². The third-order valence-electron chi connectivity index (χ3n) is 6.14. The Bertz CT molecular complexity index is 1280. The zero-order chi connectivity index (χ0) is 20.5. The molecule has 0 amide bonds. The Kier molecular flexibility index (Phi) is 4.67. The predicted molar refractivity (Wildman–Crippen MR) is 116 cm³/mol. The second-order valence-corrected chi connectivity index (χ2v) is 7.58. The van der Waals surface area contributed by atoms with E-state index in [1.165, 1.54) is 0 Å². The molecule has 1 atom stereocenters. The quantitative estimate of drug-likeness (QED) is 0.478. The molecule has 0 fully saturated rings. The van der Waals surface area contributed by atoms with Gasteiger partial charge in [-0.1, -0.05) is 13.8 Å². The van der Waals surface area contributed by atoms with E-state index in [4.69, 9.17) is 9.72 Å². The van der Waals surface area contributed by atoms with Crippen LogP contribution in [-0.4, -0.2) is 25.7 Å². The Morgan fingerprint density at radius 3 is 2.67 bits per heavy atom. The molecule has 2 aliphatic rings. The van der Waals surface area contributed by atoms with E-state index in [9.17, 15) is 19.8 Å². The van der Waals surface area contributed by atoms with E-state index in [2.05, 4.69) is 0 Å². The first kappa shape index (κ1) is 20.4. The molecule has 2 aliphatic heterocycles. The van der Waals surface area contributed by atoms with Crippen LogP contribution in [-0.2, 0) is 34.7 Å². The summed E-state index contributed by atoms with van der Waals surface area (Å²) in [5, 5.41) is 21.7. The Morgan fingerprint density at radius 2 is 1.97 bits per heavy atom. The van der Waals surface area contributed by atoms with E-state index in [1.54, 1.807) is 35.8 Å². The van der Waals surface area contributed by atoms with Crippen molar-refractivity contribution in [1.82, 2.24) is 9.55 Å². The molecule has 0 saturated carbocycles. The van der Waals surface area contributed by atoms with Gasteiger partial charge in [0.25, 0.3) is 5.56 Å². The Morgan fingerprint density at radius 1 is 1.20 bits per heavy atom. The molecule has 0 aliphatic carbocycles. The number of aromatic hydroxyl groups is 1. The average Bonchev–Trinajstić information content (AvgIpc) is 3.08. The number of carbonyl (C=O) groups excluding carboxylic acids is 1. The van der Waals surface area contributed by atoms with Crippen molar-refractivity contribution in [3.63, 3.8) is 0 Å². The van der Waals surface area contributed by atoms with Gasteiger partial charge in [-0.15, -0.1) is 0 Å². The molecule has 7 nitrogen and oxygen atoms in total. The number of cyclic esters (lactones) is 1. The van der Waals surface area contributed by atoms with Crippen molar-refractivity contribution >= 4 is 30.4 Å². The summed E-state index contributed by atoms with van der Waals surface area (Å²) in [5.74, 6) is -0.563. The topological polar surface area (TPSA) is 102 Å². The number of aromatic nitrogens is 2. The van der Waals surface area contributed by atoms with Crippen molar-refractivity contribution in [2.24, 2.45) is 0 Å². The Labute approximate surface area is 179 Å². The van der Waals surface area contributed by atoms with E-state index < -0.39 is 11.6 Å². The van der Waals surface area contributed by atoms with E-state index in [0.29, 0.717) is 35.5 Å². The highest BCUT2D eigenvalue weighted by Gasteiger charge is 2.45. The fraction of sp³-hybridized carbons (Fsp3) is 0.318. The molecule has 156 valence electrons. The number of rotatable bonds is 2. The molecule has 3 aromatic rings. The van der Waals surface area contributed by atoms with Crippen molar-refractivity contribution in [2.45, 2.75) is 45.4 Å². The number of esters is 1. The van der Waals surface area contributed by atoms with E-state index in [-0.39, 0.29) is 37.8 Å². The summed E-state index contributed by atoms with van der Waals surface area (Å²) in [6.45, 7) is 3.92. The molecule has 1 unspecified atom stereocenters. The predicted octanol–water partition coefficient (Wildman–Crippen LogP) is 2.46. The SMILES string of the molecule is CCc1c2c(nc3ccc(O)cc13)-c1cc3c(c(=O)n1C2)COC(=O)C3(O)CC.S. The number of pyridine rings is 2. The maximum Gasteiger partial charge on any atom is 0.343 e. The number of aliphatic hydroxyl groups is 1. The second kappa shape index (κ2) is 6.85. The average molecular weight is 426 g/mol. The van der Waals surface area contributed by atoms with E-state index in [0.717, 1.165) is 22.0 Å². The molecule has 8 heteroatoms. The highest BCUT2D eigenvalue weighted by Crippen LogP contribution is 2.40. The van der Waals surface area contributed by atoms with Crippen LogP contribution in [0.3, 0.4) is 0 Å². The fourth-order valence-electron chi connectivity index (χ4n) is 4.55. The molecule has 1 aromatic carbocycles. The summed E-state index contributed by atoms with van der Waals surface area (Å²) in [6.07, 6.45) is 0.826. The number of benzene rings is 1. The molecular formula is C22H22N2O5S. The zero-order valence-electron chi connectivity index (χ0n) is 16.7. The first-order valence-corrected chi connectivity index (χ1v) is 9.70. The molecule has 2 N–H and O–H groups in total. The van der Waals surface area contributed by atoms with Crippen LogP contribution in [0.4, 0.5) is 0 Å². The summed E-state index contributed by atoms with van der Waals surface area (Å²) in [7, 11) is 0. The number of aryl methyl sites for hydroxylation is 1. The zero-order valence-corrected chi connectivity index (χ0v) is 17.7. The number of carbonyl (C=O) groups is 1. The lowest BCUT2D eigenvalue weighted by Crippen LogP contribution is -2.44. The molecule has 0 spiro atoms. The lowest BCUT2D eigenvalue weighted by atomic mass is 9.86. The maximum absolute atomic E-state index is 13.2. The van der Waals surface area contributed by atoms with Gasteiger partial charge in [0, 0.05) is 16.5 Å². The smallest absolute Gasteiger partial charge is 0.343 e. The molecule has 0 saturated heterocycles. The van der Waals surface area contributed by atoms with Crippen LogP contribution < -0.4 is 5.56 Å². The van der Waals surface area contributed by atoms with Crippen LogP contribution in [0.2, 0.25) is 0 Å². The first-order chi connectivity index (χ1) is 13.9. The number of hydrogen-bond donors (Lipinski definition) is 2. The number of ether oxygens (including phenoxy) is 1. The highest BCUT2D eigenvalue weighted by atomic mass is 32.1. The van der Waals surface area contributed by atoms with Gasteiger partial charge in [-0.2, -0.15) is 13.5 Å². The summed E-state index contributed by atoms with van der Waals surface area (Å²) in [6, 6.07) is 6.75. The summed E-state index contributed by atoms with van der Waals surface area (Å²) in [4.78, 5) is 30.2. The summed E-state index contributed by atoms with van der Waals surface area (Å²) >= 11 is 0. The molecule has 0 bridgehead atoms. The van der Waals surface area contributed by atoms with Gasteiger partial charge < -0.3 is 19.5 Å². The third-order valence-corrected chi connectivity index (χ3v) is 6.14. The largest absolute Gasteiger partial charge is 0.508 e. The van der Waals surface area contributed by atoms with Gasteiger partial charge in [-0.3, -0.25) is 4.79 Å². The van der Waals surface area contributed by atoms with Crippen molar-refractivity contribution in [3.05, 3.63) is 56.9 Å². The first-order valence-electron chi connectivity index (χ1n) is 9.70. The van der Waals surface area contributed by atoms with Crippen LogP contribution in [0, 0.1) is 0 Å². The van der Waals surface area contributed by atoms with Crippen molar-refractivity contribution in [2.75, 3.05) is 0 Å². The Hall–Kier alpha value is -2.84. The molecule has 0 radical (unpaired) electrons. The standard InChI is InChI=1S/C22H20N2O5.H2S/c1-3-12-13-7-11(25)5-6-17(13)23-19-14(12)9-24-18(19)8-16-15(20(24)26)10-29-21(27)22(16,28)4-2;/h5-8,25,28H,3-4,9-10H2,1-2H3;1H2. The number of hydrogen-bond acceptors (Lipinski definition) is 6. The normalized spacial score (nSPS) is 19.0. The number of nitrogens with zero attached hydrogens (tertiary/aromatic N) is 2. The van der Waals surface area contributed by atoms with E-state index in [1.807, 2.05) is 6.92 Å². The van der Waals surface area contributed by atoms with Gasteiger partial charge in [0.1, 0.15) is 12.4 Å². The van der Waals surface area contributed by atoms with Crippen molar-refractivity contribution in [1.29, 1.82) is 0 Å². The molecule has 2 aromatic heterocycles. The van der Waals surface area contributed by atoms with Gasteiger partial charge >= 0.3 is 5.97 Å². The number of phenols is 1. The van der Waals surface area contributed by atoms with Crippen LogP contribution in [0.15, 0.2) is 29.1 Å². The molecular weight excluding hydrogens is 404 g/mol. The van der Waals surface area contributed by atoms with Gasteiger partial charge in [0.05, 0.1) is 29.0 Å². The van der Waals surface area contributed by atoms with Crippen LogP contribution in [0.25, 0.3) is 22.3 Å². The van der Waals surface area contributed by atoms with Gasteiger partial charge in [-0.25, -0.2) is 9.78 Å². The lowest BCUT2D eigenvalue weighted by molar-refractivity contribution is -0.172. The van der Waals surface area contributed by atoms with Crippen molar-refractivity contribution in [3.8, 4) is 17.1 Å². The van der Waals surface area contributed by atoms with Gasteiger partial charge in [0.15, 0.2) is 5.60 Å². The maximum atomic E-state index is 13.2. The Balaban J connectivity index is 0.00000218. The molecule has 5 rings (SSSR count). The van der Waals surface area contributed by atoms with Crippen LogP contribution >= 0.6 is 13.5 Å². The monoisotopic (exact) mass is 426 g/mol. The van der Waals surface area contributed by atoms with Gasteiger partial charge in [-0.05, 0) is 42.7 Å². The highest BCUT2D eigenvalue weighted by molar-refractivity contribution is 7.59. The summed E-state index contributed by atoms with van der Waals surface area (Å²) in [5.41, 5.74) is 2.47. The number of fused-ring (bicyclic) bond motifs is 5. The minimum Gasteiger partial charge on any atom is -0.508 e. The fourth-order valence-corrected chi connectivity index (χ4v) is 4.55. The molecule has 30 heavy (non-hydrogen) atoms. The van der Waals surface area contributed by atoms with Crippen LogP contribution in [0.5, 0.6) is 5.75 Å². The lowest BCUT2D eigenvalue weighted by Gasteiger charge is -2.31.